The van der Waals surface area contributed by atoms with Crippen molar-refractivity contribution in [3.63, 3.8) is 0 Å². The summed E-state index contributed by atoms with van der Waals surface area (Å²) in [5.74, 6) is -1.37. The van der Waals surface area contributed by atoms with Gasteiger partial charge in [0.2, 0.25) is 11.8 Å². The first-order valence-electron chi connectivity index (χ1n) is 14.4. The van der Waals surface area contributed by atoms with Gasteiger partial charge in [-0.2, -0.15) is 5.10 Å². The van der Waals surface area contributed by atoms with Crippen molar-refractivity contribution in [2.75, 3.05) is 55.6 Å². The maximum atomic E-state index is 14.6. The zero-order valence-electron chi connectivity index (χ0n) is 23.3. The summed E-state index contributed by atoms with van der Waals surface area (Å²) in [6.07, 6.45) is 2.70. The quantitative estimate of drug-likeness (QED) is 0.444. The molecule has 0 aliphatic carbocycles. The zero-order chi connectivity index (χ0) is 28.7. The lowest BCUT2D eigenvalue weighted by Gasteiger charge is -2.40. The first-order valence-corrected chi connectivity index (χ1v) is 14.4. The van der Waals surface area contributed by atoms with Gasteiger partial charge in [0.05, 0.1) is 28.4 Å². The number of carbonyl (C=O) groups excluding carboxylic acids is 3. The van der Waals surface area contributed by atoms with Crippen molar-refractivity contribution in [3.8, 4) is 0 Å². The molecule has 216 valence electrons. The van der Waals surface area contributed by atoms with E-state index < -0.39 is 17.6 Å². The molecule has 41 heavy (non-hydrogen) atoms. The number of amides is 3. The van der Waals surface area contributed by atoms with Gasteiger partial charge in [0, 0.05) is 70.4 Å². The van der Waals surface area contributed by atoms with Gasteiger partial charge in [0.25, 0.3) is 5.91 Å². The van der Waals surface area contributed by atoms with Crippen LogP contribution < -0.4 is 20.9 Å². The molecule has 1 aromatic heterocycles. The number of para-hydroxylation sites is 1. The molecule has 0 spiro atoms. The van der Waals surface area contributed by atoms with Gasteiger partial charge in [-0.15, -0.1) is 0 Å². The third-order valence-electron chi connectivity index (χ3n) is 8.87. The predicted octanol–water partition coefficient (Wildman–Crippen LogP) is 2.37. The van der Waals surface area contributed by atoms with Crippen LogP contribution in [0.4, 0.5) is 15.8 Å². The van der Waals surface area contributed by atoms with E-state index in [-0.39, 0.29) is 17.4 Å². The standard InChI is InChI=1S/C30H36FN7O3/c1-35-25-17-20(5-6-21(25)27(34-35)22-7-8-26(39)33-30(22)41)37-15-13-36(14-16-37)18-19-9-11-38(12-10-19)28-23(29(32)40)3-2-4-24(28)31/h2-6,17,19,22H,7-16,18H2,1H3,(H2,32,40)(H,33,39,41). The number of aryl methyl sites for hydroxylation is 1. The Labute approximate surface area is 238 Å². The lowest BCUT2D eigenvalue weighted by molar-refractivity contribution is -0.134. The highest BCUT2D eigenvalue weighted by Crippen LogP contribution is 2.33. The van der Waals surface area contributed by atoms with Crippen molar-refractivity contribution >= 4 is 40.0 Å². The molecule has 6 rings (SSSR count). The first-order chi connectivity index (χ1) is 19.8. The van der Waals surface area contributed by atoms with Crippen LogP contribution in [-0.4, -0.2) is 78.2 Å². The molecular weight excluding hydrogens is 525 g/mol. The summed E-state index contributed by atoms with van der Waals surface area (Å²) >= 11 is 0. The Morgan fingerprint density at radius 1 is 1.02 bits per heavy atom. The minimum atomic E-state index is -0.600. The first kappa shape index (κ1) is 27.2. The number of piperazine rings is 1. The fourth-order valence-corrected chi connectivity index (χ4v) is 6.61. The van der Waals surface area contributed by atoms with Crippen molar-refractivity contribution in [2.45, 2.75) is 31.6 Å². The van der Waals surface area contributed by atoms with Crippen LogP contribution in [0, 0.1) is 11.7 Å². The van der Waals surface area contributed by atoms with Crippen molar-refractivity contribution in [2.24, 2.45) is 18.7 Å². The number of benzene rings is 2. The van der Waals surface area contributed by atoms with Gasteiger partial charge in [-0.3, -0.25) is 29.3 Å². The third kappa shape index (κ3) is 5.38. The van der Waals surface area contributed by atoms with E-state index in [4.69, 9.17) is 5.73 Å². The molecule has 3 saturated heterocycles. The Hall–Kier alpha value is -3.99. The molecule has 0 saturated carbocycles. The monoisotopic (exact) mass is 561 g/mol. The van der Waals surface area contributed by atoms with Gasteiger partial charge in [0.1, 0.15) is 5.82 Å². The van der Waals surface area contributed by atoms with Crippen molar-refractivity contribution in [3.05, 3.63) is 53.5 Å². The number of piperidine rings is 2. The number of primary amides is 1. The molecular formula is C30H36FN7O3. The number of anilines is 2. The molecule has 3 aliphatic rings. The Morgan fingerprint density at radius 2 is 1.78 bits per heavy atom. The Morgan fingerprint density at radius 3 is 2.49 bits per heavy atom. The lowest BCUT2D eigenvalue weighted by Crippen LogP contribution is -2.49. The van der Waals surface area contributed by atoms with E-state index in [9.17, 15) is 18.8 Å². The average Bonchev–Trinajstić information content (AvgIpc) is 3.29. The maximum absolute atomic E-state index is 14.6. The van der Waals surface area contributed by atoms with E-state index >= 15 is 0 Å². The number of halogens is 1. The molecule has 3 N–H and O–H groups in total. The number of nitrogens with zero attached hydrogens (tertiary/aromatic N) is 5. The van der Waals surface area contributed by atoms with E-state index in [1.807, 2.05) is 16.6 Å². The van der Waals surface area contributed by atoms with E-state index in [2.05, 4.69) is 38.4 Å². The van der Waals surface area contributed by atoms with E-state index in [0.29, 0.717) is 37.5 Å². The summed E-state index contributed by atoms with van der Waals surface area (Å²) in [6, 6.07) is 10.8. The molecule has 3 aromatic rings. The number of rotatable bonds is 6. The molecule has 1 unspecified atom stereocenters. The van der Waals surface area contributed by atoms with Crippen LogP contribution in [0.3, 0.4) is 0 Å². The summed E-state index contributed by atoms with van der Waals surface area (Å²) < 4.78 is 16.4. The van der Waals surface area contributed by atoms with Crippen LogP contribution in [0.1, 0.15) is 47.7 Å². The number of imide groups is 1. The molecule has 4 heterocycles. The SMILES string of the molecule is Cn1nc(C2CCC(=O)NC2=O)c2ccc(N3CCN(CC4CCN(c5c(F)cccc5C(N)=O)CC4)CC3)cc21. The molecule has 11 heteroatoms. The molecule has 0 bridgehead atoms. The molecule has 3 amide bonds. The third-order valence-corrected chi connectivity index (χ3v) is 8.87. The van der Waals surface area contributed by atoms with Gasteiger partial charge in [-0.05, 0) is 55.5 Å². The topological polar surface area (TPSA) is 117 Å². The van der Waals surface area contributed by atoms with Gasteiger partial charge in [-0.25, -0.2) is 4.39 Å². The van der Waals surface area contributed by atoms with Crippen LogP contribution in [-0.2, 0) is 16.6 Å². The smallest absolute Gasteiger partial charge is 0.250 e. The molecule has 0 radical (unpaired) electrons. The van der Waals surface area contributed by atoms with E-state index in [0.717, 1.165) is 67.8 Å². The lowest BCUT2D eigenvalue weighted by atomic mass is 9.93. The minimum Gasteiger partial charge on any atom is -0.369 e. The second kappa shape index (κ2) is 11.1. The number of hydrogen-bond acceptors (Lipinski definition) is 7. The second-order valence-electron chi connectivity index (χ2n) is 11.4. The molecule has 10 nitrogen and oxygen atoms in total. The zero-order valence-corrected chi connectivity index (χ0v) is 23.3. The average molecular weight is 562 g/mol. The number of aromatic nitrogens is 2. The summed E-state index contributed by atoms with van der Waals surface area (Å²) in [4.78, 5) is 42.7. The number of hydrogen-bond donors (Lipinski definition) is 2. The summed E-state index contributed by atoms with van der Waals surface area (Å²) in [5.41, 5.74) is 8.93. The van der Waals surface area contributed by atoms with Crippen LogP contribution in [0.15, 0.2) is 36.4 Å². The fraction of sp³-hybridized carbons (Fsp3) is 0.467. The Kier molecular flexibility index (Phi) is 7.37. The molecule has 3 aliphatic heterocycles. The van der Waals surface area contributed by atoms with Gasteiger partial charge >= 0.3 is 0 Å². The minimum absolute atomic E-state index is 0.222. The van der Waals surface area contributed by atoms with Crippen LogP contribution in [0.5, 0.6) is 0 Å². The highest BCUT2D eigenvalue weighted by atomic mass is 19.1. The van der Waals surface area contributed by atoms with Gasteiger partial charge in [0.15, 0.2) is 0 Å². The van der Waals surface area contributed by atoms with Gasteiger partial charge in [-0.1, -0.05) is 6.07 Å². The van der Waals surface area contributed by atoms with Crippen LogP contribution in [0.25, 0.3) is 10.9 Å². The van der Waals surface area contributed by atoms with Crippen LogP contribution in [0.2, 0.25) is 0 Å². The van der Waals surface area contributed by atoms with Crippen molar-refractivity contribution in [1.82, 2.24) is 20.0 Å². The van der Waals surface area contributed by atoms with Gasteiger partial charge < -0.3 is 15.5 Å². The largest absolute Gasteiger partial charge is 0.369 e. The Bertz CT molecular complexity index is 1490. The number of fused-ring (bicyclic) bond motifs is 1. The van der Waals surface area contributed by atoms with Crippen molar-refractivity contribution < 1.29 is 18.8 Å². The Balaban J connectivity index is 1.04. The highest BCUT2D eigenvalue weighted by molar-refractivity contribution is 6.02. The van der Waals surface area contributed by atoms with Crippen LogP contribution >= 0.6 is 0 Å². The molecule has 1 atom stereocenters. The summed E-state index contributed by atoms with van der Waals surface area (Å²) in [7, 11) is 1.89. The molecule has 2 aromatic carbocycles. The maximum Gasteiger partial charge on any atom is 0.250 e. The number of nitrogens with one attached hydrogen (secondary N) is 1. The number of carbonyl (C=O) groups is 3. The fourth-order valence-electron chi connectivity index (χ4n) is 6.61. The normalized spacial score (nSPS) is 21.0. The summed E-state index contributed by atoms with van der Waals surface area (Å²) in [6.45, 7) is 6.18. The van der Waals surface area contributed by atoms with E-state index in [1.54, 1.807) is 6.07 Å². The second-order valence-corrected chi connectivity index (χ2v) is 11.4. The number of nitrogens with two attached hydrogens (primary N) is 1. The predicted molar refractivity (Wildman–Crippen MR) is 154 cm³/mol. The highest BCUT2D eigenvalue weighted by Gasteiger charge is 2.32. The molecule has 3 fully saturated rings. The van der Waals surface area contributed by atoms with Crippen molar-refractivity contribution in [1.29, 1.82) is 0 Å². The van der Waals surface area contributed by atoms with E-state index in [1.165, 1.54) is 12.1 Å². The summed E-state index contributed by atoms with van der Waals surface area (Å²) in [5, 5.41) is 8.06.